The molecule has 2 aliphatic rings. The molecule has 0 unspecified atom stereocenters. The number of oxime groups is 1. The Morgan fingerprint density at radius 1 is 1.14 bits per heavy atom. The van der Waals surface area contributed by atoms with Gasteiger partial charge in [-0.05, 0) is 66.8 Å². The van der Waals surface area contributed by atoms with Crippen LogP contribution in [0.15, 0.2) is 59.7 Å². The third-order valence-electron chi connectivity index (χ3n) is 6.28. The number of ether oxygens (including phenoxy) is 1. The summed E-state index contributed by atoms with van der Waals surface area (Å²) < 4.78 is 35.1. The summed E-state index contributed by atoms with van der Waals surface area (Å²) in [6.45, 7) is 3.12. The van der Waals surface area contributed by atoms with Crippen molar-refractivity contribution in [2.24, 2.45) is 5.16 Å². The lowest BCUT2D eigenvalue weighted by atomic mass is 9.95. The van der Waals surface area contributed by atoms with Gasteiger partial charge in [-0.15, -0.1) is 0 Å². The second-order valence-electron chi connectivity index (χ2n) is 8.55. The van der Waals surface area contributed by atoms with E-state index in [0.29, 0.717) is 13.0 Å². The van der Waals surface area contributed by atoms with E-state index in [9.17, 15) is 8.78 Å². The van der Waals surface area contributed by atoms with E-state index in [4.69, 9.17) is 9.57 Å². The quantitative estimate of drug-likeness (QED) is 0.456. The molecule has 3 aromatic rings. The summed E-state index contributed by atoms with van der Waals surface area (Å²) in [6.07, 6.45) is 8.21. The maximum Gasteiger partial charge on any atom is 0.171 e. The molecule has 0 N–H and O–H groups in total. The van der Waals surface area contributed by atoms with Crippen molar-refractivity contribution in [2.45, 2.75) is 39.7 Å². The number of aromatic nitrogens is 2. The highest BCUT2D eigenvalue weighted by Gasteiger charge is 2.31. The first kappa shape index (κ1) is 24.4. The number of fused-ring (bicyclic) bond motifs is 1. The molecule has 5 rings (SSSR count). The highest BCUT2D eigenvalue weighted by Crippen LogP contribution is 2.35. The molecule has 1 atom stereocenters. The Balaban J connectivity index is 0.00000289. The smallest absolute Gasteiger partial charge is 0.171 e. The lowest BCUT2D eigenvalue weighted by Crippen LogP contribution is -2.39. The van der Waals surface area contributed by atoms with Crippen LogP contribution in [0.3, 0.4) is 0 Å². The minimum atomic E-state index is -0.843. The molecular weight excluding hydrogens is 450 g/mol. The second kappa shape index (κ2) is 10.3. The van der Waals surface area contributed by atoms with Crippen LogP contribution in [-0.2, 0) is 4.84 Å². The molecule has 0 aliphatic carbocycles. The SMILES string of the molecule is C.COc1cc(/C=C2\CCCN3C2=NOCC[C@H]3c2ccc(F)c(F)c2)ccc1-n1cnc(C)c1. The van der Waals surface area contributed by atoms with Crippen LogP contribution in [0.4, 0.5) is 8.78 Å². The summed E-state index contributed by atoms with van der Waals surface area (Å²) in [5.74, 6) is -0.205. The number of methoxy groups -OCH3 is 1. The zero-order valence-corrected chi connectivity index (χ0v) is 19.2. The summed E-state index contributed by atoms with van der Waals surface area (Å²) in [6, 6.07) is 9.99. The van der Waals surface area contributed by atoms with Crippen LogP contribution in [0, 0.1) is 18.6 Å². The van der Waals surface area contributed by atoms with Crippen molar-refractivity contribution in [3.05, 3.63) is 83.0 Å². The first-order valence-electron chi connectivity index (χ1n) is 11.3. The Labute approximate surface area is 204 Å². The summed E-state index contributed by atoms with van der Waals surface area (Å²) in [5.41, 5.74) is 4.57. The number of halogens is 2. The molecule has 2 aliphatic heterocycles. The van der Waals surface area contributed by atoms with Gasteiger partial charge in [0.15, 0.2) is 17.5 Å². The van der Waals surface area contributed by atoms with E-state index in [2.05, 4.69) is 21.1 Å². The maximum absolute atomic E-state index is 14.0. The van der Waals surface area contributed by atoms with Gasteiger partial charge < -0.3 is 19.0 Å². The van der Waals surface area contributed by atoms with Gasteiger partial charge in [0.1, 0.15) is 12.4 Å². The van der Waals surface area contributed by atoms with Gasteiger partial charge in [-0.2, -0.15) is 0 Å². The number of hydrogen-bond acceptors (Lipinski definition) is 5. The summed E-state index contributed by atoms with van der Waals surface area (Å²) in [7, 11) is 1.65. The van der Waals surface area contributed by atoms with Crippen LogP contribution >= 0.6 is 0 Å². The minimum Gasteiger partial charge on any atom is -0.495 e. The molecule has 0 saturated carbocycles. The predicted molar refractivity (Wildman–Crippen MR) is 133 cm³/mol. The summed E-state index contributed by atoms with van der Waals surface area (Å²) >= 11 is 0. The van der Waals surface area contributed by atoms with E-state index in [1.165, 1.54) is 12.1 Å². The van der Waals surface area contributed by atoms with Crippen molar-refractivity contribution in [2.75, 3.05) is 20.3 Å². The normalized spacial score (nSPS) is 18.7. The van der Waals surface area contributed by atoms with Crippen LogP contribution in [-0.4, -0.2) is 40.5 Å². The second-order valence-corrected chi connectivity index (χ2v) is 8.55. The van der Waals surface area contributed by atoms with Gasteiger partial charge in [0, 0.05) is 19.2 Å². The van der Waals surface area contributed by atoms with Crippen LogP contribution in [0.2, 0.25) is 0 Å². The summed E-state index contributed by atoms with van der Waals surface area (Å²) in [5, 5.41) is 4.41. The molecule has 0 bridgehead atoms. The number of imidazole rings is 1. The van der Waals surface area contributed by atoms with Crippen LogP contribution < -0.4 is 4.74 Å². The van der Waals surface area contributed by atoms with Gasteiger partial charge in [-0.1, -0.05) is 24.7 Å². The number of nitrogens with zero attached hydrogens (tertiary/aromatic N) is 4. The van der Waals surface area contributed by atoms with Gasteiger partial charge in [-0.25, -0.2) is 13.8 Å². The molecule has 0 radical (unpaired) electrons. The predicted octanol–water partition coefficient (Wildman–Crippen LogP) is 6.06. The van der Waals surface area contributed by atoms with Crippen molar-refractivity contribution >= 4 is 11.9 Å². The standard InChI is InChI=1S/C26H26F2N4O2.CH4/c1-17-15-31(16-29-17)24-8-5-18(13-25(24)33-2)12-20-4-3-10-32-23(9-11-34-30-26(20)32)19-6-7-21(27)22(28)14-19;/h5-8,12-16,23H,3-4,9-11H2,1-2H3;1H4/b20-12+;/t23-;/m0./s1. The lowest BCUT2D eigenvalue weighted by molar-refractivity contribution is 0.140. The van der Waals surface area contributed by atoms with Crippen molar-refractivity contribution in [1.82, 2.24) is 14.5 Å². The Morgan fingerprint density at radius 3 is 2.74 bits per heavy atom. The first-order chi connectivity index (χ1) is 16.5. The fraction of sp³-hybridized carbons (Fsp3) is 0.333. The fourth-order valence-electron chi connectivity index (χ4n) is 4.64. The molecule has 6 nitrogen and oxygen atoms in total. The first-order valence-corrected chi connectivity index (χ1v) is 11.3. The molecule has 2 aromatic carbocycles. The third kappa shape index (κ3) is 4.92. The highest BCUT2D eigenvalue weighted by molar-refractivity contribution is 6.02. The van der Waals surface area contributed by atoms with Gasteiger partial charge in [-0.3, -0.25) is 0 Å². The average Bonchev–Trinajstić information content (AvgIpc) is 3.15. The van der Waals surface area contributed by atoms with Crippen molar-refractivity contribution < 1.29 is 18.4 Å². The van der Waals surface area contributed by atoms with E-state index < -0.39 is 11.6 Å². The topological polar surface area (TPSA) is 51.9 Å². The van der Waals surface area contributed by atoms with Crippen LogP contribution in [0.25, 0.3) is 11.8 Å². The van der Waals surface area contributed by atoms with Crippen LogP contribution in [0.5, 0.6) is 5.75 Å². The Kier molecular flexibility index (Phi) is 7.19. The highest BCUT2D eigenvalue weighted by atomic mass is 19.2. The zero-order valence-electron chi connectivity index (χ0n) is 19.2. The van der Waals surface area contributed by atoms with Gasteiger partial charge in [0.05, 0.1) is 30.9 Å². The monoisotopic (exact) mass is 480 g/mol. The van der Waals surface area contributed by atoms with Crippen LogP contribution in [0.1, 0.15) is 49.6 Å². The van der Waals surface area contributed by atoms with E-state index in [0.717, 1.165) is 59.1 Å². The third-order valence-corrected chi connectivity index (χ3v) is 6.28. The molecule has 1 aromatic heterocycles. The Hall–Kier alpha value is -3.68. The van der Waals surface area contributed by atoms with Crippen molar-refractivity contribution in [3.63, 3.8) is 0 Å². The molecule has 1 fully saturated rings. The molecule has 35 heavy (non-hydrogen) atoms. The zero-order chi connectivity index (χ0) is 23.7. The fourth-order valence-corrected chi connectivity index (χ4v) is 4.64. The van der Waals surface area contributed by atoms with Gasteiger partial charge in [0.25, 0.3) is 0 Å². The molecule has 184 valence electrons. The molecule has 3 heterocycles. The van der Waals surface area contributed by atoms with E-state index in [-0.39, 0.29) is 13.5 Å². The van der Waals surface area contributed by atoms with Gasteiger partial charge in [0.2, 0.25) is 0 Å². The molecule has 0 amide bonds. The number of amidine groups is 1. The lowest BCUT2D eigenvalue weighted by Gasteiger charge is -2.36. The van der Waals surface area contributed by atoms with E-state index in [1.807, 2.05) is 35.9 Å². The number of rotatable bonds is 4. The maximum atomic E-state index is 14.0. The number of aryl methyl sites for hydroxylation is 1. The number of benzene rings is 2. The molecule has 8 heteroatoms. The summed E-state index contributed by atoms with van der Waals surface area (Å²) in [4.78, 5) is 12.0. The largest absolute Gasteiger partial charge is 0.495 e. The minimum absolute atomic E-state index is 0. The van der Waals surface area contributed by atoms with Crippen molar-refractivity contribution in [1.29, 1.82) is 0 Å². The molecular formula is C27H30F2N4O2. The Bertz CT molecular complexity index is 1270. The van der Waals surface area contributed by atoms with Gasteiger partial charge >= 0.3 is 0 Å². The van der Waals surface area contributed by atoms with E-state index >= 15 is 0 Å². The van der Waals surface area contributed by atoms with Crippen molar-refractivity contribution in [3.8, 4) is 11.4 Å². The number of hydrogen-bond donors (Lipinski definition) is 0. The molecule has 1 saturated heterocycles. The average molecular weight is 481 g/mol. The Morgan fingerprint density at radius 2 is 2.00 bits per heavy atom. The number of piperidine rings is 1. The molecule has 0 spiro atoms. The van der Waals surface area contributed by atoms with E-state index in [1.54, 1.807) is 19.5 Å².